The molecule has 2 aromatic heterocycles. The predicted octanol–water partition coefficient (Wildman–Crippen LogP) is 4.64. The molecule has 0 aromatic carbocycles. The molecular formula is C17H18F3N3O2S. The number of allylic oxidation sites excluding steroid dienone is 2. The number of thiazole rings is 1. The molecule has 2 aromatic rings. The molecule has 2 heterocycles. The molecule has 0 bridgehead atoms. The number of aryl methyl sites for hydroxylation is 1. The first-order valence-corrected chi connectivity index (χ1v) is 8.66. The monoisotopic (exact) mass is 385 g/mol. The number of carbonyl (C=O) groups is 1. The molecule has 0 amide bonds. The van der Waals surface area contributed by atoms with Crippen LogP contribution in [0.15, 0.2) is 18.3 Å². The quantitative estimate of drug-likeness (QED) is 0.736. The Hall–Kier alpha value is -2.42. The summed E-state index contributed by atoms with van der Waals surface area (Å²) in [6.07, 6.45) is 2.47. The van der Waals surface area contributed by atoms with Gasteiger partial charge in [-0.3, -0.25) is 4.79 Å². The number of aromatic hydroxyl groups is 1. The average Bonchev–Trinajstić information content (AvgIpc) is 3.12. The van der Waals surface area contributed by atoms with E-state index in [9.17, 15) is 23.1 Å². The topological polar surface area (TPSA) is 68.0 Å². The molecule has 0 spiro atoms. The van der Waals surface area contributed by atoms with Gasteiger partial charge >= 0.3 is 6.18 Å². The summed E-state index contributed by atoms with van der Waals surface area (Å²) in [5.74, 6) is -0.270. The smallest absolute Gasteiger partial charge is 0.434 e. The second-order valence-corrected chi connectivity index (χ2v) is 6.87. The third kappa shape index (κ3) is 4.81. The largest absolute Gasteiger partial charge is 0.492 e. The molecule has 0 aliphatic rings. The van der Waals surface area contributed by atoms with Gasteiger partial charge in [-0.1, -0.05) is 6.92 Å². The first-order chi connectivity index (χ1) is 12.1. The Bertz CT molecular complexity index is 850. The van der Waals surface area contributed by atoms with Gasteiger partial charge in [-0.25, -0.2) is 4.98 Å². The Morgan fingerprint density at radius 3 is 2.62 bits per heavy atom. The highest BCUT2D eigenvalue weighted by molar-refractivity contribution is 7.12. The van der Waals surface area contributed by atoms with Crippen molar-refractivity contribution in [3.8, 4) is 5.88 Å². The zero-order valence-electron chi connectivity index (χ0n) is 14.4. The summed E-state index contributed by atoms with van der Waals surface area (Å²) < 4.78 is 40.4. The highest BCUT2D eigenvalue weighted by Crippen LogP contribution is 2.34. The van der Waals surface area contributed by atoms with Crippen molar-refractivity contribution < 1.29 is 23.1 Å². The number of imidazole rings is 1. The highest BCUT2D eigenvalue weighted by atomic mass is 32.1. The SMILES string of the molecule is CCC(C)n1cc(O)nc1/C=C/C(=O)/C=C/c1sc(C)nc1C(F)(F)F. The lowest BCUT2D eigenvalue weighted by atomic mass is 10.2. The zero-order valence-corrected chi connectivity index (χ0v) is 15.2. The van der Waals surface area contributed by atoms with E-state index < -0.39 is 17.7 Å². The summed E-state index contributed by atoms with van der Waals surface area (Å²) >= 11 is 0.867. The fraction of sp³-hybridized carbons (Fsp3) is 0.353. The van der Waals surface area contributed by atoms with E-state index in [0.29, 0.717) is 5.82 Å². The molecule has 0 saturated carbocycles. The Labute approximate surface area is 152 Å². The van der Waals surface area contributed by atoms with Crippen molar-refractivity contribution in [2.45, 2.75) is 39.4 Å². The molecular weight excluding hydrogens is 367 g/mol. The van der Waals surface area contributed by atoms with E-state index >= 15 is 0 Å². The van der Waals surface area contributed by atoms with Crippen LogP contribution in [-0.4, -0.2) is 25.4 Å². The van der Waals surface area contributed by atoms with E-state index in [-0.39, 0.29) is 21.8 Å². The normalized spacial score (nSPS) is 13.8. The minimum absolute atomic E-state index is 0.0724. The van der Waals surface area contributed by atoms with Crippen molar-refractivity contribution in [3.63, 3.8) is 0 Å². The third-order valence-electron chi connectivity index (χ3n) is 3.64. The second-order valence-electron chi connectivity index (χ2n) is 5.63. The van der Waals surface area contributed by atoms with Gasteiger partial charge in [0, 0.05) is 6.04 Å². The van der Waals surface area contributed by atoms with Crippen LogP contribution in [0.4, 0.5) is 13.2 Å². The van der Waals surface area contributed by atoms with Crippen molar-refractivity contribution in [1.82, 2.24) is 14.5 Å². The number of nitrogens with zero attached hydrogens (tertiary/aromatic N) is 3. The van der Waals surface area contributed by atoms with Crippen LogP contribution in [0.5, 0.6) is 5.88 Å². The lowest BCUT2D eigenvalue weighted by Gasteiger charge is -2.11. The molecule has 9 heteroatoms. The molecule has 5 nitrogen and oxygen atoms in total. The van der Waals surface area contributed by atoms with Crippen molar-refractivity contribution in [3.05, 3.63) is 39.8 Å². The van der Waals surface area contributed by atoms with Gasteiger partial charge in [0.25, 0.3) is 0 Å². The standard InChI is InChI=1S/C17H18F3N3O2S/c1-4-10(2)23-9-15(25)22-14(23)8-6-12(24)5-7-13-16(17(18,19)20)21-11(3)26-13/h5-10,25H,4H2,1-3H3/b7-5+,8-6+. The van der Waals surface area contributed by atoms with E-state index in [1.807, 2.05) is 13.8 Å². The Morgan fingerprint density at radius 1 is 1.35 bits per heavy atom. The molecule has 1 unspecified atom stereocenters. The maximum atomic E-state index is 12.9. The molecule has 0 fully saturated rings. The van der Waals surface area contributed by atoms with Gasteiger partial charge < -0.3 is 9.67 Å². The minimum atomic E-state index is -4.57. The maximum Gasteiger partial charge on any atom is 0.434 e. The number of ketones is 1. The van der Waals surface area contributed by atoms with E-state index in [1.54, 1.807) is 4.57 Å². The lowest BCUT2D eigenvalue weighted by molar-refractivity contribution is -0.140. The van der Waals surface area contributed by atoms with Gasteiger partial charge in [0.2, 0.25) is 5.88 Å². The van der Waals surface area contributed by atoms with Crippen LogP contribution in [0.1, 0.15) is 47.7 Å². The summed E-state index contributed by atoms with van der Waals surface area (Å²) in [6.45, 7) is 5.38. The zero-order chi connectivity index (χ0) is 19.5. The predicted molar refractivity (Wildman–Crippen MR) is 93.8 cm³/mol. The Balaban J connectivity index is 2.17. The first kappa shape index (κ1) is 19.9. The minimum Gasteiger partial charge on any atom is -0.492 e. The number of alkyl halides is 3. The van der Waals surface area contributed by atoms with Gasteiger partial charge in [0.05, 0.1) is 16.1 Å². The van der Waals surface area contributed by atoms with Crippen molar-refractivity contribution in [2.24, 2.45) is 0 Å². The molecule has 140 valence electrons. The number of carbonyl (C=O) groups excluding carboxylic acids is 1. The van der Waals surface area contributed by atoms with E-state index in [0.717, 1.165) is 29.9 Å². The van der Waals surface area contributed by atoms with E-state index in [2.05, 4.69) is 9.97 Å². The number of hydrogen-bond donors (Lipinski definition) is 1. The van der Waals surface area contributed by atoms with Crippen LogP contribution in [0, 0.1) is 6.92 Å². The summed E-state index contributed by atoms with van der Waals surface area (Å²) in [7, 11) is 0. The van der Waals surface area contributed by atoms with Crippen LogP contribution in [0.3, 0.4) is 0 Å². The van der Waals surface area contributed by atoms with Crippen molar-refractivity contribution in [2.75, 3.05) is 0 Å². The van der Waals surface area contributed by atoms with Crippen LogP contribution in [0.25, 0.3) is 12.2 Å². The molecule has 1 atom stereocenters. The van der Waals surface area contributed by atoms with Gasteiger partial charge in [0.1, 0.15) is 5.82 Å². The Morgan fingerprint density at radius 2 is 2.00 bits per heavy atom. The van der Waals surface area contributed by atoms with Gasteiger partial charge in [-0.2, -0.15) is 18.2 Å². The molecule has 2 rings (SSSR count). The molecule has 0 aliphatic heterocycles. The molecule has 0 saturated heterocycles. The molecule has 1 N–H and O–H groups in total. The van der Waals surface area contributed by atoms with Crippen LogP contribution < -0.4 is 0 Å². The van der Waals surface area contributed by atoms with Crippen LogP contribution >= 0.6 is 11.3 Å². The van der Waals surface area contributed by atoms with Gasteiger partial charge in [-0.15, -0.1) is 11.3 Å². The van der Waals surface area contributed by atoms with Crippen LogP contribution in [-0.2, 0) is 11.0 Å². The maximum absolute atomic E-state index is 12.9. The van der Waals surface area contributed by atoms with E-state index in [1.165, 1.54) is 25.3 Å². The molecule has 0 aliphatic carbocycles. The van der Waals surface area contributed by atoms with Gasteiger partial charge in [-0.05, 0) is 44.6 Å². The Kier molecular flexibility index (Phi) is 6.01. The highest BCUT2D eigenvalue weighted by Gasteiger charge is 2.36. The molecule has 26 heavy (non-hydrogen) atoms. The van der Waals surface area contributed by atoms with Crippen molar-refractivity contribution in [1.29, 1.82) is 0 Å². The average molecular weight is 385 g/mol. The summed E-state index contributed by atoms with van der Waals surface area (Å²) in [6, 6.07) is 0.0724. The fourth-order valence-electron chi connectivity index (χ4n) is 2.20. The lowest BCUT2D eigenvalue weighted by Crippen LogP contribution is -2.07. The number of hydrogen-bond acceptors (Lipinski definition) is 5. The second kappa shape index (κ2) is 7.86. The number of halogens is 3. The third-order valence-corrected chi connectivity index (χ3v) is 4.57. The summed E-state index contributed by atoms with van der Waals surface area (Å²) in [4.78, 5) is 19.2. The van der Waals surface area contributed by atoms with Gasteiger partial charge in [0.15, 0.2) is 11.5 Å². The van der Waals surface area contributed by atoms with E-state index in [4.69, 9.17) is 0 Å². The first-order valence-electron chi connectivity index (χ1n) is 7.84. The summed E-state index contributed by atoms with van der Waals surface area (Å²) in [5.41, 5.74) is -0.995. The van der Waals surface area contributed by atoms with Crippen LogP contribution in [0.2, 0.25) is 0 Å². The van der Waals surface area contributed by atoms with Crippen molar-refractivity contribution >= 4 is 29.3 Å². The number of aromatic nitrogens is 3. The summed E-state index contributed by atoms with van der Waals surface area (Å²) in [5, 5.41) is 9.80. The molecule has 0 radical (unpaired) electrons. The fourth-order valence-corrected chi connectivity index (χ4v) is 3.05. The number of rotatable bonds is 6.